The Morgan fingerprint density at radius 3 is 2.13 bits per heavy atom. The van der Waals surface area contributed by atoms with Crippen LogP contribution in [0.25, 0.3) is 0 Å². The topological polar surface area (TPSA) is 66.5 Å². The van der Waals surface area contributed by atoms with Crippen LogP contribution >= 0.6 is 0 Å². The second-order valence-corrected chi connectivity index (χ2v) is 9.46. The van der Waals surface area contributed by atoms with Crippen LogP contribution in [0.5, 0.6) is 0 Å². The minimum Gasteiger partial charge on any atom is -0.352 e. The molecule has 1 fully saturated rings. The third-order valence-corrected chi connectivity index (χ3v) is 7.59. The Hall–Kier alpha value is -2.39. The fourth-order valence-corrected chi connectivity index (χ4v) is 5.04. The first-order valence-electron chi connectivity index (χ1n) is 10.1. The second-order valence-electron chi connectivity index (χ2n) is 7.52. The Morgan fingerprint density at radius 2 is 1.61 bits per heavy atom. The molecule has 0 heterocycles. The van der Waals surface area contributed by atoms with Gasteiger partial charge in [0.15, 0.2) is 0 Å². The molecule has 0 spiro atoms. The highest BCUT2D eigenvalue weighted by molar-refractivity contribution is 7.89. The van der Waals surface area contributed by atoms with Crippen LogP contribution in [0.2, 0.25) is 0 Å². The van der Waals surface area contributed by atoms with Crippen molar-refractivity contribution in [1.29, 1.82) is 0 Å². The SMILES string of the molecule is CCN(CC)S(=O)(=O)c1ccc(CNC(=O)C2CC2c2ccc(C(F)(F)F)cc2)cc1. The number of nitrogens with one attached hydrogen (secondary N) is 1. The minimum absolute atomic E-state index is 0.0797. The lowest BCUT2D eigenvalue weighted by atomic mass is 10.1. The molecule has 0 radical (unpaired) electrons. The van der Waals surface area contributed by atoms with E-state index in [0.29, 0.717) is 19.5 Å². The van der Waals surface area contributed by atoms with Gasteiger partial charge in [-0.3, -0.25) is 4.79 Å². The van der Waals surface area contributed by atoms with Gasteiger partial charge in [-0.05, 0) is 47.7 Å². The summed E-state index contributed by atoms with van der Waals surface area (Å²) in [5.41, 5.74) is 0.780. The zero-order valence-electron chi connectivity index (χ0n) is 17.3. The number of amides is 1. The fraction of sp³-hybridized carbons (Fsp3) is 0.409. The summed E-state index contributed by atoms with van der Waals surface area (Å²) in [6.45, 7) is 4.58. The molecule has 3 rings (SSSR count). The maximum atomic E-state index is 12.7. The van der Waals surface area contributed by atoms with E-state index in [0.717, 1.165) is 23.3 Å². The average Bonchev–Trinajstić information content (AvgIpc) is 3.53. The van der Waals surface area contributed by atoms with Crippen molar-refractivity contribution in [1.82, 2.24) is 9.62 Å². The lowest BCUT2D eigenvalue weighted by molar-refractivity contribution is -0.137. The molecule has 9 heteroatoms. The molecule has 1 aliphatic rings. The number of rotatable bonds is 8. The summed E-state index contributed by atoms with van der Waals surface area (Å²) >= 11 is 0. The van der Waals surface area contributed by atoms with Gasteiger partial charge in [-0.1, -0.05) is 38.1 Å². The molecule has 0 aromatic heterocycles. The zero-order chi connectivity index (χ0) is 22.8. The smallest absolute Gasteiger partial charge is 0.352 e. The summed E-state index contributed by atoms with van der Waals surface area (Å²) < 4.78 is 64.4. The summed E-state index contributed by atoms with van der Waals surface area (Å²) in [7, 11) is -3.53. The van der Waals surface area contributed by atoms with Gasteiger partial charge in [0.05, 0.1) is 10.5 Å². The summed E-state index contributed by atoms with van der Waals surface area (Å²) in [5, 5.41) is 2.82. The van der Waals surface area contributed by atoms with E-state index in [9.17, 15) is 26.4 Å². The Balaban J connectivity index is 1.55. The molecule has 168 valence electrons. The fourth-order valence-electron chi connectivity index (χ4n) is 3.58. The second kappa shape index (κ2) is 9.00. The van der Waals surface area contributed by atoms with Crippen molar-refractivity contribution in [3.8, 4) is 0 Å². The summed E-state index contributed by atoms with van der Waals surface area (Å²) in [6.07, 6.45) is -3.78. The van der Waals surface area contributed by atoms with Gasteiger partial charge in [-0.2, -0.15) is 17.5 Å². The van der Waals surface area contributed by atoms with E-state index in [1.807, 2.05) is 0 Å². The van der Waals surface area contributed by atoms with Crippen LogP contribution in [0, 0.1) is 5.92 Å². The molecule has 1 saturated carbocycles. The molecule has 1 aliphatic carbocycles. The van der Waals surface area contributed by atoms with Crippen LogP contribution < -0.4 is 5.32 Å². The molecule has 2 aromatic rings. The summed E-state index contributed by atoms with van der Waals surface area (Å²) in [5.74, 6) is -0.507. The van der Waals surface area contributed by atoms with Crippen LogP contribution in [0.15, 0.2) is 53.4 Å². The maximum absolute atomic E-state index is 12.7. The molecule has 31 heavy (non-hydrogen) atoms. The first-order chi connectivity index (χ1) is 14.6. The van der Waals surface area contributed by atoms with Crippen LogP contribution in [-0.4, -0.2) is 31.7 Å². The van der Waals surface area contributed by atoms with E-state index in [4.69, 9.17) is 0 Å². The normalized spacial score (nSPS) is 18.8. The first-order valence-corrected chi connectivity index (χ1v) is 11.6. The molecule has 1 amide bonds. The number of carbonyl (C=O) groups is 1. The molecule has 0 bridgehead atoms. The van der Waals surface area contributed by atoms with Crippen molar-refractivity contribution >= 4 is 15.9 Å². The molecule has 2 atom stereocenters. The van der Waals surface area contributed by atoms with Crippen LogP contribution in [0.1, 0.15) is 42.9 Å². The molecule has 2 aromatic carbocycles. The standard InChI is InChI=1S/C22H25F3N2O3S/c1-3-27(4-2)31(29,30)18-11-5-15(6-12-18)14-26-21(28)20-13-19(20)16-7-9-17(10-8-16)22(23,24)25/h5-12,19-20H,3-4,13-14H2,1-2H3,(H,26,28). The predicted octanol–water partition coefficient (Wildman–Crippen LogP) is 4.16. The number of hydrogen-bond acceptors (Lipinski definition) is 3. The minimum atomic E-state index is -4.38. The highest BCUT2D eigenvalue weighted by Gasteiger charge is 2.44. The van der Waals surface area contributed by atoms with E-state index in [2.05, 4.69) is 5.32 Å². The van der Waals surface area contributed by atoms with E-state index in [-0.39, 0.29) is 29.2 Å². The van der Waals surface area contributed by atoms with Gasteiger partial charge >= 0.3 is 6.18 Å². The highest BCUT2D eigenvalue weighted by atomic mass is 32.2. The molecule has 0 saturated heterocycles. The van der Waals surface area contributed by atoms with Crippen molar-refractivity contribution in [2.45, 2.75) is 43.8 Å². The lowest BCUT2D eigenvalue weighted by Crippen LogP contribution is -2.30. The number of sulfonamides is 1. The van der Waals surface area contributed by atoms with Gasteiger partial charge < -0.3 is 5.32 Å². The van der Waals surface area contributed by atoms with Crippen molar-refractivity contribution in [3.05, 3.63) is 65.2 Å². The lowest BCUT2D eigenvalue weighted by Gasteiger charge is -2.18. The quantitative estimate of drug-likeness (QED) is 0.652. The molecule has 2 unspecified atom stereocenters. The number of halogens is 3. The van der Waals surface area contributed by atoms with Crippen molar-refractivity contribution in [3.63, 3.8) is 0 Å². The maximum Gasteiger partial charge on any atom is 0.416 e. The van der Waals surface area contributed by atoms with E-state index < -0.39 is 21.8 Å². The van der Waals surface area contributed by atoms with Gasteiger partial charge in [0.25, 0.3) is 0 Å². The first kappa shape index (κ1) is 23.3. The Morgan fingerprint density at radius 1 is 1.03 bits per heavy atom. The molecule has 1 N–H and O–H groups in total. The van der Waals surface area contributed by atoms with Crippen LogP contribution in [-0.2, 0) is 27.5 Å². The highest BCUT2D eigenvalue weighted by Crippen LogP contribution is 2.48. The van der Waals surface area contributed by atoms with Crippen LogP contribution in [0.4, 0.5) is 13.2 Å². The van der Waals surface area contributed by atoms with Crippen molar-refractivity contribution in [2.75, 3.05) is 13.1 Å². The van der Waals surface area contributed by atoms with Crippen molar-refractivity contribution < 1.29 is 26.4 Å². The van der Waals surface area contributed by atoms with Gasteiger partial charge in [-0.25, -0.2) is 8.42 Å². The molecule has 5 nitrogen and oxygen atoms in total. The van der Waals surface area contributed by atoms with Gasteiger partial charge in [0, 0.05) is 25.6 Å². The average molecular weight is 455 g/mol. The Kier molecular flexibility index (Phi) is 6.76. The Bertz CT molecular complexity index is 1020. The van der Waals surface area contributed by atoms with Gasteiger partial charge in [0.2, 0.25) is 15.9 Å². The third-order valence-electron chi connectivity index (χ3n) is 5.53. The van der Waals surface area contributed by atoms with E-state index in [1.54, 1.807) is 26.0 Å². The number of hydrogen-bond donors (Lipinski definition) is 1. The summed E-state index contributed by atoms with van der Waals surface area (Å²) in [6, 6.07) is 11.3. The van der Waals surface area contributed by atoms with Gasteiger partial charge in [0.1, 0.15) is 0 Å². The predicted molar refractivity (Wildman–Crippen MR) is 111 cm³/mol. The molecular formula is C22H25F3N2O3S. The van der Waals surface area contributed by atoms with Crippen LogP contribution in [0.3, 0.4) is 0 Å². The van der Waals surface area contributed by atoms with E-state index in [1.165, 1.54) is 28.6 Å². The summed E-state index contributed by atoms with van der Waals surface area (Å²) in [4.78, 5) is 12.6. The monoisotopic (exact) mass is 454 g/mol. The van der Waals surface area contributed by atoms with E-state index >= 15 is 0 Å². The van der Waals surface area contributed by atoms with Crippen molar-refractivity contribution in [2.24, 2.45) is 5.92 Å². The number of benzene rings is 2. The molecule has 0 aliphatic heterocycles. The zero-order valence-corrected chi connectivity index (χ0v) is 18.1. The number of nitrogens with zero attached hydrogens (tertiary/aromatic N) is 1. The third kappa shape index (κ3) is 5.27. The number of alkyl halides is 3. The molecular weight excluding hydrogens is 429 g/mol. The largest absolute Gasteiger partial charge is 0.416 e. The Labute approximate surface area is 180 Å². The number of carbonyl (C=O) groups excluding carboxylic acids is 1. The van der Waals surface area contributed by atoms with Gasteiger partial charge in [-0.15, -0.1) is 0 Å².